The smallest absolute Gasteiger partial charge is 0.127 e. The van der Waals surface area contributed by atoms with Gasteiger partial charge in [-0.2, -0.15) is 0 Å². The number of nitrogens with zero attached hydrogens (tertiary/aromatic N) is 2. The number of imidazole rings is 1. The zero-order valence-corrected chi connectivity index (χ0v) is 10.6. The van der Waals surface area contributed by atoms with E-state index in [2.05, 4.69) is 4.98 Å². The summed E-state index contributed by atoms with van der Waals surface area (Å²) in [6.45, 7) is 1.10. The molecule has 0 fully saturated rings. The third-order valence-corrected chi connectivity index (χ3v) is 2.82. The minimum atomic E-state index is 0.422. The van der Waals surface area contributed by atoms with Crippen molar-refractivity contribution in [3.05, 3.63) is 42.0 Å². The molecule has 2 aromatic rings. The van der Waals surface area contributed by atoms with Crippen LogP contribution in [0.1, 0.15) is 11.4 Å². The number of hydrogen-bond acceptors (Lipinski definition) is 4. The Hall–Kier alpha value is -2.01. The molecule has 0 aliphatic rings. The molecule has 0 aliphatic heterocycles. The number of rotatable bonds is 5. The van der Waals surface area contributed by atoms with Gasteiger partial charge in [-0.1, -0.05) is 0 Å². The van der Waals surface area contributed by atoms with Crippen LogP contribution in [0.5, 0.6) is 11.5 Å². The van der Waals surface area contributed by atoms with Crippen LogP contribution >= 0.6 is 0 Å². The van der Waals surface area contributed by atoms with Crippen LogP contribution in [0.2, 0.25) is 0 Å². The molecule has 96 valence electrons. The molecular weight excluding hydrogens is 230 g/mol. The third-order valence-electron chi connectivity index (χ3n) is 2.82. The van der Waals surface area contributed by atoms with Gasteiger partial charge in [0.15, 0.2) is 0 Å². The molecule has 0 atom stereocenters. The molecule has 0 amide bonds. The van der Waals surface area contributed by atoms with Crippen molar-refractivity contribution in [2.45, 2.75) is 13.1 Å². The van der Waals surface area contributed by atoms with Crippen molar-refractivity contribution in [3.8, 4) is 11.5 Å². The standard InChI is InChI=1S/C13H17N3O2/c1-17-11-4-3-10(12(7-11)18-2)9-16-6-5-15-13(16)8-14/h3-7H,8-9,14H2,1-2H3. The van der Waals surface area contributed by atoms with Crippen molar-refractivity contribution < 1.29 is 9.47 Å². The van der Waals surface area contributed by atoms with Crippen LogP contribution < -0.4 is 15.2 Å². The summed E-state index contributed by atoms with van der Waals surface area (Å²) < 4.78 is 12.5. The van der Waals surface area contributed by atoms with Crippen LogP contribution in [-0.4, -0.2) is 23.8 Å². The predicted octanol–water partition coefficient (Wildman–Crippen LogP) is 1.41. The van der Waals surface area contributed by atoms with Gasteiger partial charge in [0.2, 0.25) is 0 Å². The molecule has 0 unspecified atom stereocenters. The van der Waals surface area contributed by atoms with E-state index in [9.17, 15) is 0 Å². The highest BCUT2D eigenvalue weighted by molar-refractivity contribution is 5.40. The quantitative estimate of drug-likeness (QED) is 0.867. The molecule has 0 bridgehead atoms. The van der Waals surface area contributed by atoms with Gasteiger partial charge in [0.1, 0.15) is 17.3 Å². The number of benzene rings is 1. The van der Waals surface area contributed by atoms with Crippen LogP contribution in [0.3, 0.4) is 0 Å². The van der Waals surface area contributed by atoms with Crippen molar-refractivity contribution >= 4 is 0 Å². The first-order chi connectivity index (χ1) is 8.78. The molecular formula is C13H17N3O2. The Morgan fingerprint density at radius 2 is 2.11 bits per heavy atom. The van der Waals surface area contributed by atoms with E-state index in [1.165, 1.54) is 0 Å². The van der Waals surface area contributed by atoms with Crippen molar-refractivity contribution in [3.63, 3.8) is 0 Å². The van der Waals surface area contributed by atoms with Gasteiger partial charge in [-0.05, 0) is 12.1 Å². The second kappa shape index (κ2) is 5.55. The summed E-state index contributed by atoms with van der Waals surface area (Å²) in [5.74, 6) is 2.43. The molecule has 2 N–H and O–H groups in total. The molecule has 1 aromatic heterocycles. The number of nitrogens with two attached hydrogens (primary N) is 1. The van der Waals surface area contributed by atoms with Gasteiger partial charge in [-0.15, -0.1) is 0 Å². The average molecular weight is 247 g/mol. The molecule has 1 aromatic carbocycles. The minimum Gasteiger partial charge on any atom is -0.497 e. The average Bonchev–Trinajstić information content (AvgIpc) is 2.86. The lowest BCUT2D eigenvalue weighted by atomic mass is 10.2. The fourth-order valence-corrected chi connectivity index (χ4v) is 1.84. The van der Waals surface area contributed by atoms with Gasteiger partial charge in [0, 0.05) is 24.0 Å². The SMILES string of the molecule is COc1ccc(Cn2ccnc2CN)c(OC)c1. The Morgan fingerprint density at radius 3 is 2.78 bits per heavy atom. The first-order valence-corrected chi connectivity index (χ1v) is 5.69. The second-order valence-corrected chi connectivity index (χ2v) is 3.85. The normalized spacial score (nSPS) is 10.4. The summed E-state index contributed by atoms with van der Waals surface area (Å²) >= 11 is 0. The Kier molecular flexibility index (Phi) is 3.84. The summed E-state index contributed by atoms with van der Waals surface area (Å²) in [6, 6.07) is 5.77. The lowest BCUT2D eigenvalue weighted by Crippen LogP contribution is -2.09. The van der Waals surface area contributed by atoms with Gasteiger partial charge in [-0.25, -0.2) is 4.98 Å². The monoisotopic (exact) mass is 247 g/mol. The van der Waals surface area contributed by atoms with E-state index >= 15 is 0 Å². The molecule has 18 heavy (non-hydrogen) atoms. The van der Waals surface area contributed by atoms with E-state index in [1.807, 2.05) is 29.0 Å². The van der Waals surface area contributed by atoms with Crippen molar-refractivity contribution in [2.75, 3.05) is 14.2 Å². The number of methoxy groups -OCH3 is 2. The highest BCUT2D eigenvalue weighted by Gasteiger charge is 2.07. The number of ether oxygens (including phenoxy) is 2. The number of hydrogen-bond donors (Lipinski definition) is 1. The Bertz CT molecular complexity index is 523. The van der Waals surface area contributed by atoms with Crippen molar-refractivity contribution in [2.24, 2.45) is 5.73 Å². The molecule has 1 heterocycles. The summed E-state index contributed by atoms with van der Waals surface area (Å²) in [7, 11) is 3.28. The Labute approximate surface area is 106 Å². The fraction of sp³-hybridized carbons (Fsp3) is 0.308. The van der Waals surface area contributed by atoms with Gasteiger partial charge >= 0.3 is 0 Å². The highest BCUT2D eigenvalue weighted by Crippen LogP contribution is 2.25. The zero-order chi connectivity index (χ0) is 13.0. The molecule has 5 nitrogen and oxygen atoms in total. The highest BCUT2D eigenvalue weighted by atomic mass is 16.5. The number of aromatic nitrogens is 2. The van der Waals surface area contributed by atoms with Gasteiger partial charge < -0.3 is 19.8 Å². The van der Waals surface area contributed by atoms with Crippen LogP contribution in [0.4, 0.5) is 0 Å². The Morgan fingerprint density at radius 1 is 1.28 bits per heavy atom. The van der Waals surface area contributed by atoms with Crippen LogP contribution in [-0.2, 0) is 13.1 Å². The van der Waals surface area contributed by atoms with Crippen LogP contribution in [0, 0.1) is 0 Å². The van der Waals surface area contributed by atoms with Crippen molar-refractivity contribution in [1.82, 2.24) is 9.55 Å². The lowest BCUT2D eigenvalue weighted by molar-refractivity contribution is 0.390. The van der Waals surface area contributed by atoms with Gasteiger partial charge in [0.05, 0.1) is 27.3 Å². The molecule has 0 saturated heterocycles. The largest absolute Gasteiger partial charge is 0.497 e. The van der Waals surface area contributed by atoms with E-state index in [4.69, 9.17) is 15.2 Å². The van der Waals surface area contributed by atoms with Crippen molar-refractivity contribution in [1.29, 1.82) is 0 Å². The van der Waals surface area contributed by atoms with Crippen LogP contribution in [0.25, 0.3) is 0 Å². The Balaban J connectivity index is 2.28. The molecule has 0 radical (unpaired) electrons. The van der Waals surface area contributed by atoms with Crippen LogP contribution in [0.15, 0.2) is 30.6 Å². The third kappa shape index (κ3) is 2.46. The maximum absolute atomic E-state index is 5.63. The molecule has 5 heteroatoms. The van der Waals surface area contributed by atoms with Gasteiger partial charge in [-0.3, -0.25) is 0 Å². The van der Waals surface area contributed by atoms with E-state index < -0.39 is 0 Å². The van der Waals surface area contributed by atoms with E-state index in [0.29, 0.717) is 13.1 Å². The fourth-order valence-electron chi connectivity index (χ4n) is 1.84. The lowest BCUT2D eigenvalue weighted by Gasteiger charge is -2.12. The maximum Gasteiger partial charge on any atom is 0.127 e. The first-order valence-electron chi connectivity index (χ1n) is 5.69. The van der Waals surface area contributed by atoms with Gasteiger partial charge in [0.25, 0.3) is 0 Å². The van der Waals surface area contributed by atoms with E-state index in [-0.39, 0.29) is 0 Å². The molecule has 0 spiro atoms. The molecule has 0 aliphatic carbocycles. The molecule has 2 rings (SSSR count). The minimum absolute atomic E-state index is 0.422. The zero-order valence-electron chi connectivity index (χ0n) is 10.6. The molecule has 0 saturated carbocycles. The topological polar surface area (TPSA) is 62.3 Å². The van der Waals surface area contributed by atoms with E-state index in [1.54, 1.807) is 20.4 Å². The summed E-state index contributed by atoms with van der Waals surface area (Å²) in [6.07, 6.45) is 3.66. The predicted molar refractivity (Wildman–Crippen MR) is 68.8 cm³/mol. The second-order valence-electron chi connectivity index (χ2n) is 3.85. The summed E-state index contributed by atoms with van der Waals surface area (Å²) in [5, 5.41) is 0. The maximum atomic E-state index is 5.63. The summed E-state index contributed by atoms with van der Waals surface area (Å²) in [4.78, 5) is 4.19. The first kappa shape index (κ1) is 12.4. The van der Waals surface area contributed by atoms with E-state index in [0.717, 1.165) is 22.9 Å². The summed E-state index contributed by atoms with van der Waals surface area (Å²) in [5.41, 5.74) is 6.69.